The fourth-order valence-corrected chi connectivity index (χ4v) is 4.62. The molecule has 2 aliphatic rings. The van der Waals surface area contributed by atoms with Gasteiger partial charge in [-0.3, -0.25) is 4.79 Å². The number of hydrogen-bond acceptors (Lipinski definition) is 5. The molecular formula is C21H21BrN4O3. The van der Waals surface area contributed by atoms with E-state index in [2.05, 4.69) is 22.0 Å². The third kappa shape index (κ3) is 2.98. The molecule has 0 aliphatic carbocycles. The minimum atomic E-state index is -0.0770. The lowest BCUT2D eigenvalue weighted by Gasteiger charge is -2.28. The minimum Gasteiger partial charge on any atom is -0.492 e. The van der Waals surface area contributed by atoms with Crippen molar-refractivity contribution in [3.05, 3.63) is 45.7 Å². The van der Waals surface area contributed by atoms with Crippen molar-refractivity contribution in [3.63, 3.8) is 0 Å². The molecule has 2 aliphatic heterocycles. The van der Waals surface area contributed by atoms with Gasteiger partial charge in [-0.1, -0.05) is 15.9 Å². The highest BCUT2D eigenvalue weighted by molar-refractivity contribution is 9.10. The Morgan fingerprint density at radius 1 is 1.21 bits per heavy atom. The van der Waals surface area contributed by atoms with Crippen molar-refractivity contribution in [2.45, 2.75) is 13.3 Å². The maximum absolute atomic E-state index is 13.7. The second-order valence-electron chi connectivity index (χ2n) is 7.33. The summed E-state index contributed by atoms with van der Waals surface area (Å²) in [5.41, 5.74) is 10.9. The van der Waals surface area contributed by atoms with Crippen molar-refractivity contribution in [2.24, 2.45) is 0 Å². The standard InChI is InChI=1S/C21H21BrN4O3/c1-12-2-3-16-20(23)24-17(15-11-14(22)10-13-4-7-29-19(13)15)18(26(12)16)21(27)25-5-8-28-9-6-25/h2-3,10-11H,4-9H2,1H3,(H2,23,24). The van der Waals surface area contributed by atoms with Crippen LogP contribution in [0.25, 0.3) is 16.8 Å². The fourth-order valence-electron chi connectivity index (χ4n) is 4.12. The van der Waals surface area contributed by atoms with Crippen LogP contribution in [-0.4, -0.2) is 53.1 Å². The van der Waals surface area contributed by atoms with Crippen molar-refractivity contribution in [2.75, 3.05) is 38.6 Å². The summed E-state index contributed by atoms with van der Waals surface area (Å²) < 4.78 is 14.2. The number of aromatic nitrogens is 2. The van der Waals surface area contributed by atoms with Crippen molar-refractivity contribution in [1.82, 2.24) is 14.3 Å². The van der Waals surface area contributed by atoms with Crippen LogP contribution in [0, 0.1) is 6.92 Å². The van der Waals surface area contributed by atoms with Crippen molar-refractivity contribution in [1.29, 1.82) is 0 Å². The first-order valence-electron chi connectivity index (χ1n) is 9.64. The lowest BCUT2D eigenvalue weighted by molar-refractivity contribution is 0.0298. The Labute approximate surface area is 176 Å². The molecule has 1 amide bonds. The van der Waals surface area contributed by atoms with Crippen LogP contribution < -0.4 is 10.5 Å². The number of hydrogen-bond donors (Lipinski definition) is 1. The monoisotopic (exact) mass is 456 g/mol. The molecule has 2 aromatic heterocycles. The molecule has 0 radical (unpaired) electrons. The van der Waals surface area contributed by atoms with E-state index in [1.54, 1.807) is 0 Å². The van der Waals surface area contributed by atoms with E-state index in [9.17, 15) is 4.79 Å². The van der Waals surface area contributed by atoms with Crippen molar-refractivity contribution < 1.29 is 14.3 Å². The molecule has 0 saturated carbocycles. The molecule has 1 fully saturated rings. The van der Waals surface area contributed by atoms with Gasteiger partial charge in [-0.05, 0) is 36.8 Å². The smallest absolute Gasteiger partial charge is 0.273 e. The predicted octanol–water partition coefficient (Wildman–Crippen LogP) is 3.06. The number of ether oxygens (including phenoxy) is 2. The number of nitrogen functional groups attached to an aromatic ring is 1. The van der Waals surface area contributed by atoms with Gasteiger partial charge in [0.05, 0.1) is 25.3 Å². The van der Waals surface area contributed by atoms with Crippen molar-refractivity contribution in [3.8, 4) is 17.0 Å². The van der Waals surface area contributed by atoms with Crippen molar-refractivity contribution >= 4 is 33.2 Å². The molecule has 1 aromatic carbocycles. The summed E-state index contributed by atoms with van der Waals surface area (Å²) in [7, 11) is 0. The third-order valence-corrected chi connectivity index (χ3v) is 5.98. The van der Waals surface area contributed by atoms with E-state index in [0.717, 1.165) is 39.0 Å². The van der Waals surface area contributed by atoms with Crippen LogP contribution in [0.2, 0.25) is 0 Å². The van der Waals surface area contributed by atoms with Gasteiger partial charge in [0, 0.05) is 35.2 Å². The van der Waals surface area contributed by atoms with Gasteiger partial charge in [-0.2, -0.15) is 0 Å². The summed E-state index contributed by atoms with van der Waals surface area (Å²) in [6.45, 7) is 4.76. The molecule has 0 atom stereocenters. The van der Waals surface area contributed by atoms with Gasteiger partial charge in [-0.15, -0.1) is 0 Å². The minimum absolute atomic E-state index is 0.0770. The molecule has 4 heterocycles. The molecular weight excluding hydrogens is 436 g/mol. The molecule has 2 N–H and O–H groups in total. The number of fused-ring (bicyclic) bond motifs is 2. The second-order valence-corrected chi connectivity index (χ2v) is 8.25. The van der Waals surface area contributed by atoms with E-state index in [1.165, 1.54) is 0 Å². The second kappa shape index (κ2) is 7.03. The Kier molecular flexibility index (Phi) is 4.48. The average Bonchev–Trinajstić information content (AvgIpc) is 3.35. The predicted molar refractivity (Wildman–Crippen MR) is 113 cm³/mol. The van der Waals surface area contributed by atoms with Gasteiger partial charge in [0.1, 0.15) is 23.0 Å². The average molecular weight is 457 g/mol. The number of morpholine rings is 1. The quantitative estimate of drug-likeness (QED) is 0.640. The highest BCUT2D eigenvalue weighted by atomic mass is 79.9. The van der Waals surface area contributed by atoms with Crippen LogP contribution in [0.1, 0.15) is 21.7 Å². The zero-order chi connectivity index (χ0) is 20.1. The SMILES string of the molecule is Cc1ccc2c(N)nc(-c3cc(Br)cc4c3OCC4)c(C(=O)N3CCOCC3)n12. The molecule has 0 unspecified atom stereocenters. The van der Waals surface area contributed by atoms with Gasteiger partial charge in [0.15, 0.2) is 0 Å². The number of nitrogens with zero attached hydrogens (tertiary/aromatic N) is 3. The molecule has 5 rings (SSSR count). The Balaban J connectivity index is 1.80. The zero-order valence-corrected chi connectivity index (χ0v) is 17.7. The van der Waals surface area contributed by atoms with E-state index in [4.69, 9.17) is 20.2 Å². The van der Waals surface area contributed by atoms with E-state index in [-0.39, 0.29) is 5.91 Å². The van der Waals surface area contributed by atoms with Gasteiger partial charge >= 0.3 is 0 Å². The normalized spacial score (nSPS) is 16.1. The Morgan fingerprint density at radius 2 is 2.00 bits per heavy atom. The fraction of sp³-hybridized carbons (Fsp3) is 0.333. The number of halogens is 1. The molecule has 29 heavy (non-hydrogen) atoms. The summed E-state index contributed by atoms with van der Waals surface area (Å²) in [4.78, 5) is 20.2. The Hall–Kier alpha value is -2.58. The molecule has 1 saturated heterocycles. The van der Waals surface area contributed by atoms with Gasteiger partial charge < -0.3 is 24.5 Å². The first-order valence-corrected chi connectivity index (χ1v) is 10.4. The van der Waals surface area contributed by atoms with Crippen LogP contribution >= 0.6 is 15.9 Å². The van der Waals surface area contributed by atoms with Gasteiger partial charge in [0.2, 0.25) is 0 Å². The number of carbonyl (C=O) groups is 1. The topological polar surface area (TPSA) is 82.1 Å². The molecule has 3 aromatic rings. The first kappa shape index (κ1) is 18.4. The summed E-state index contributed by atoms with van der Waals surface area (Å²) in [5.74, 6) is 1.09. The number of carbonyl (C=O) groups excluding carboxylic acids is 1. The first-order chi connectivity index (χ1) is 14.0. The van der Waals surface area contributed by atoms with Crippen LogP contribution in [0.3, 0.4) is 0 Å². The summed E-state index contributed by atoms with van der Waals surface area (Å²) in [6.07, 6.45) is 0.828. The lowest BCUT2D eigenvalue weighted by atomic mass is 10.0. The Morgan fingerprint density at radius 3 is 2.79 bits per heavy atom. The molecule has 0 spiro atoms. The van der Waals surface area contributed by atoms with Crippen LogP contribution in [0.4, 0.5) is 5.82 Å². The van der Waals surface area contributed by atoms with E-state index in [1.807, 2.05) is 34.4 Å². The largest absolute Gasteiger partial charge is 0.492 e. The number of amides is 1. The highest BCUT2D eigenvalue weighted by Gasteiger charge is 2.30. The molecule has 150 valence electrons. The lowest BCUT2D eigenvalue weighted by Crippen LogP contribution is -2.41. The number of benzene rings is 1. The number of anilines is 1. The van der Waals surface area contributed by atoms with E-state index in [0.29, 0.717) is 50.1 Å². The summed E-state index contributed by atoms with van der Waals surface area (Å²) in [5, 5.41) is 0. The van der Waals surface area contributed by atoms with Gasteiger partial charge in [-0.25, -0.2) is 4.98 Å². The Bertz CT molecular complexity index is 1130. The highest BCUT2D eigenvalue weighted by Crippen LogP contribution is 2.41. The molecule has 7 nitrogen and oxygen atoms in total. The molecule has 8 heteroatoms. The number of nitrogens with two attached hydrogens (primary N) is 1. The van der Waals surface area contributed by atoms with E-state index >= 15 is 0 Å². The zero-order valence-electron chi connectivity index (χ0n) is 16.1. The van der Waals surface area contributed by atoms with Crippen LogP contribution in [0.15, 0.2) is 28.7 Å². The maximum Gasteiger partial charge on any atom is 0.273 e. The number of aryl methyl sites for hydroxylation is 1. The van der Waals surface area contributed by atoms with Gasteiger partial charge in [0.25, 0.3) is 5.91 Å². The van der Waals surface area contributed by atoms with Crippen LogP contribution in [0.5, 0.6) is 5.75 Å². The maximum atomic E-state index is 13.7. The number of rotatable bonds is 2. The van der Waals surface area contributed by atoms with Crippen LogP contribution in [-0.2, 0) is 11.2 Å². The summed E-state index contributed by atoms with van der Waals surface area (Å²) in [6, 6.07) is 7.86. The third-order valence-electron chi connectivity index (χ3n) is 5.52. The molecule has 0 bridgehead atoms. The van der Waals surface area contributed by atoms with E-state index < -0.39 is 0 Å². The summed E-state index contributed by atoms with van der Waals surface area (Å²) >= 11 is 3.59.